The van der Waals surface area contributed by atoms with Crippen LogP contribution in [0.1, 0.15) is 60.3 Å². The summed E-state index contributed by atoms with van der Waals surface area (Å²) in [6.45, 7) is 3.68. The zero-order valence-electron chi connectivity index (χ0n) is 13.2. The quantitative estimate of drug-likeness (QED) is 0.841. The molecule has 1 aromatic rings. The maximum atomic E-state index is 12.7. The molecule has 0 radical (unpaired) electrons. The van der Waals surface area contributed by atoms with Gasteiger partial charge in [0.05, 0.1) is 0 Å². The Kier molecular flexibility index (Phi) is 3.90. The summed E-state index contributed by atoms with van der Waals surface area (Å²) < 4.78 is 5.39. The second-order valence-electron chi connectivity index (χ2n) is 6.91. The third kappa shape index (κ3) is 2.56. The molecule has 1 saturated heterocycles. The molecule has 1 saturated carbocycles. The summed E-state index contributed by atoms with van der Waals surface area (Å²) in [7, 11) is 0. The van der Waals surface area contributed by atoms with Crippen molar-refractivity contribution in [1.82, 2.24) is 15.0 Å². The van der Waals surface area contributed by atoms with Crippen LogP contribution in [0.3, 0.4) is 0 Å². The Morgan fingerprint density at radius 2 is 1.73 bits per heavy atom. The lowest BCUT2D eigenvalue weighted by molar-refractivity contribution is 0.0563. The van der Waals surface area contributed by atoms with E-state index in [0.29, 0.717) is 5.69 Å². The van der Waals surface area contributed by atoms with Crippen LogP contribution < -0.4 is 0 Å². The van der Waals surface area contributed by atoms with Gasteiger partial charge >= 0.3 is 0 Å². The zero-order chi connectivity index (χ0) is 14.9. The van der Waals surface area contributed by atoms with Crippen LogP contribution in [0.25, 0.3) is 0 Å². The van der Waals surface area contributed by atoms with Crippen molar-refractivity contribution in [2.45, 2.75) is 57.4 Å². The summed E-state index contributed by atoms with van der Waals surface area (Å²) in [5.74, 6) is 1.03. The highest BCUT2D eigenvalue weighted by molar-refractivity contribution is 5.94. The summed E-state index contributed by atoms with van der Waals surface area (Å²) >= 11 is 0. The molecule has 0 unspecified atom stereocenters. The van der Waals surface area contributed by atoms with Gasteiger partial charge in [-0.2, -0.15) is 0 Å². The Bertz CT molecular complexity index is 540. The van der Waals surface area contributed by atoms with Gasteiger partial charge in [-0.25, -0.2) is 0 Å². The van der Waals surface area contributed by atoms with E-state index in [1.54, 1.807) is 0 Å². The van der Waals surface area contributed by atoms with E-state index in [-0.39, 0.29) is 5.91 Å². The zero-order valence-corrected chi connectivity index (χ0v) is 13.2. The number of amides is 1. The van der Waals surface area contributed by atoms with Crippen LogP contribution in [0, 0.1) is 0 Å². The molecule has 5 heteroatoms. The van der Waals surface area contributed by atoms with Gasteiger partial charge in [-0.05, 0) is 32.1 Å². The van der Waals surface area contributed by atoms with E-state index in [1.165, 1.54) is 25.7 Å². The second kappa shape index (κ2) is 6.03. The van der Waals surface area contributed by atoms with Crippen molar-refractivity contribution in [2.75, 3.05) is 26.2 Å². The van der Waals surface area contributed by atoms with E-state index in [1.807, 2.05) is 4.90 Å². The number of aromatic nitrogens is 1. The largest absolute Gasteiger partial charge is 0.360 e. The molecule has 1 aliphatic heterocycles. The smallest absolute Gasteiger partial charge is 0.276 e. The van der Waals surface area contributed by atoms with Crippen LogP contribution in [0.15, 0.2) is 4.52 Å². The maximum Gasteiger partial charge on any atom is 0.276 e. The number of nitrogens with zero attached hydrogens (tertiary/aromatic N) is 3. The molecule has 2 heterocycles. The predicted molar refractivity (Wildman–Crippen MR) is 82.9 cm³/mol. The van der Waals surface area contributed by atoms with Crippen LogP contribution in [0.5, 0.6) is 0 Å². The topological polar surface area (TPSA) is 49.6 Å². The molecular formula is C17H25N3O2. The third-order valence-electron chi connectivity index (χ3n) is 5.60. The first-order chi connectivity index (χ1) is 10.8. The van der Waals surface area contributed by atoms with Crippen molar-refractivity contribution in [3.8, 4) is 0 Å². The molecule has 2 aliphatic carbocycles. The van der Waals surface area contributed by atoms with Crippen LogP contribution in [0.4, 0.5) is 0 Å². The van der Waals surface area contributed by atoms with E-state index >= 15 is 0 Å². The van der Waals surface area contributed by atoms with E-state index in [4.69, 9.17) is 4.52 Å². The van der Waals surface area contributed by atoms with E-state index in [0.717, 1.165) is 69.2 Å². The van der Waals surface area contributed by atoms with Gasteiger partial charge in [-0.15, -0.1) is 0 Å². The van der Waals surface area contributed by atoms with E-state index in [2.05, 4.69) is 10.1 Å². The van der Waals surface area contributed by atoms with Crippen molar-refractivity contribution < 1.29 is 9.32 Å². The van der Waals surface area contributed by atoms with Crippen molar-refractivity contribution in [3.05, 3.63) is 17.0 Å². The molecule has 0 spiro atoms. The van der Waals surface area contributed by atoms with Crippen molar-refractivity contribution in [1.29, 1.82) is 0 Å². The molecule has 22 heavy (non-hydrogen) atoms. The number of carbonyl (C=O) groups excluding carboxylic acids is 1. The molecule has 0 N–H and O–H groups in total. The number of piperazine rings is 1. The highest BCUT2D eigenvalue weighted by atomic mass is 16.5. The molecule has 1 aromatic heterocycles. The molecule has 120 valence electrons. The number of carbonyl (C=O) groups is 1. The van der Waals surface area contributed by atoms with Crippen molar-refractivity contribution >= 4 is 5.91 Å². The molecule has 0 aromatic carbocycles. The number of aryl methyl sites for hydroxylation is 1. The van der Waals surface area contributed by atoms with Gasteiger partial charge in [0.2, 0.25) is 0 Å². The number of hydrogen-bond acceptors (Lipinski definition) is 4. The predicted octanol–water partition coefficient (Wildman–Crippen LogP) is 2.25. The average molecular weight is 303 g/mol. The van der Waals surface area contributed by atoms with Crippen LogP contribution in [0.2, 0.25) is 0 Å². The lowest BCUT2D eigenvalue weighted by atomic mass is 9.96. The fourth-order valence-corrected chi connectivity index (χ4v) is 4.26. The minimum Gasteiger partial charge on any atom is -0.360 e. The molecule has 0 bridgehead atoms. The number of hydrogen-bond donors (Lipinski definition) is 0. The Balaban J connectivity index is 1.40. The lowest BCUT2D eigenvalue weighted by Crippen LogP contribution is -2.51. The molecule has 4 rings (SSSR count). The Morgan fingerprint density at radius 1 is 1.00 bits per heavy atom. The molecule has 2 fully saturated rings. The minimum atomic E-state index is 0.0815. The first kappa shape index (κ1) is 14.2. The summed E-state index contributed by atoms with van der Waals surface area (Å²) in [6, 6.07) is 0.761. The van der Waals surface area contributed by atoms with Gasteiger partial charge in [0.25, 0.3) is 5.91 Å². The van der Waals surface area contributed by atoms with E-state index in [9.17, 15) is 4.79 Å². The molecular weight excluding hydrogens is 278 g/mol. The SMILES string of the molecule is O=C(c1noc2c1CCCC2)N1CCN(C2CCCC2)CC1. The normalized spacial score (nSPS) is 23.7. The third-order valence-corrected chi connectivity index (χ3v) is 5.60. The van der Waals surface area contributed by atoms with Crippen molar-refractivity contribution in [2.24, 2.45) is 0 Å². The summed E-state index contributed by atoms with van der Waals surface area (Å²) in [6.07, 6.45) is 9.59. The van der Waals surface area contributed by atoms with Gasteiger partial charge in [0, 0.05) is 44.2 Å². The van der Waals surface area contributed by atoms with Crippen molar-refractivity contribution in [3.63, 3.8) is 0 Å². The fourth-order valence-electron chi connectivity index (χ4n) is 4.26. The van der Waals surface area contributed by atoms with Crippen LogP contribution in [-0.4, -0.2) is 53.1 Å². The van der Waals surface area contributed by atoms with Gasteiger partial charge < -0.3 is 9.42 Å². The van der Waals surface area contributed by atoms with E-state index < -0.39 is 0 Å². The standard InChI is InChI=1S/C17H25N3O2/c21-17(16-14-7-3-4-8-15(14)22-18-16)20-11-9-19(10-12-20)13-5-1-2-6-13/h13H,1-12H2. The highest BCUT2D eigenvalue weighted by Crippen LogP contribution is 2.27. The molecule has 1 amide bonds. The first-order valence-electron chi connectivity index (χ1n) is 8.83. The van der Waals surface area contributed by atoms with Crippen LogP contribution in [-0.2, 0) is 12.8 Å². The molecule has 3 aliphatic rings. The first-order valence-corrected chi connectivity index (χ1v) is 8.83. The lowest BCUT2D eigenvalue weighted by Gasteiger charge is -2.37. The highest BCUT2D eigenvalue weighted by Gasteiger charge is 2.31. The fraction of sp³-hybridized carbons (Fsp3) is 0.765. The number of rotatable bonds is 2. The maximum absolute atomic E-state index is 12.7. The Hall–Kier alpha value is -1.36. The summed E-state index contributed by atoms with van der Waals surface area (Å²) in [5.41, 5.74) is 1.67. The average Bonchev–Trinajstić information content (AvgIpc) is 3.24. The Morgan fingerprint density at radius 3 is 2.50 bits per heavy atom. The minimum absolute atomic E-state index is 0.0815. The summed E-state index contributed by atoms with van der Waals surface area (Å²) in [5, 5.41) is 4.09. The molecule has 5 nitrogen and oxygen atoms in total. The Labute approximate surface area is 131 Å². The number of fused-ring (bicyclic) bond motifs is 1. The monoisotopic (exact) mass is 303 g/mol. The van der Waals surface area contributed by atoms with Gasteiger partial charge in [0.1, 0.15) is 5.76 Å². The van der Waals surface area contributed by atoms with Gasteiger partial charge in [-0.3, -0.25) is 9.69 Å². The molecule has 0 atom stereocenters. The van der Waals surface area contributed by atoms with Gasteiger partial charge in [-0.1, -0.05) is 18.0 Å². The van der Waals surface area contributed by atoms with Gasteiger partial charge in [0.15, 0.2) is 5.69 Å². The summed E-state index contributed by atoms with van der Waals surface area (Å²) in [4.78, 5) is 17.3. The van der Waals surface area contributed by atoms with Crippen LogP contribution >= 0.6 is 0 Å². The second-order valence-corrected chi connectivity index (χ2v) is 6.91.